The van der Waals surface area contributed by atoms with E-state index in [2.05, 4.69) is 15.6 Å². The minimum atomic E-state index is -0.538. The van der Waals surface area contributed by atoms with Gasteiger partial charge in [0, 0.05) is 23.2 Å². The molecule has 3 aromatic heterocycles. The number of esters is 1. The number of carbonyl (C=O) groups is 2. The summed E-state index contributed by atoms with van der Waals surface area (Å²) in [5.41, 5.74) is 6.07. The van der Waals surface area contributed by atoms with Crippen LogP contribution in [-0.4, -0.2) is 48.1 Å². The maximum absolute atomic E-state index is 15.1. The quantitative estimate of drug-likeness (QED) is 0.296. The van der Waals surface area contributed by atoms with Crippen LogP contribution in [0.1, 0.15) is 70.8 Å². The highest BCUT2D eigenvalue weighted by atomic mass is 19.1. The van der Waals surface area contributed by atoms with Gasteiger partial charge in [0.1, 0.15) is 12.4 Å². The van der Waals surface area contributed by atoms with Crippen molar-refractivity contribution in [2.75, 3.05) is 6.61 Å². The maximum Gasteiger partial charge on any atom is 0.313 e. The van der Waals surface area contributed by atoms with Gasteiger partial charge in [-0.25, -0.2) is 14.1 Å². The molecule has 0 radical (unpaired) electrons. The molecule has 5 heterocycles. The Bertz CT molecular complexity index is 1880. The molecule has 42 heavy (non-hydrogen) atoms. The van der Waals surface area contributed by atoms with Crippen LogP contribution in [0.3, 0.4) is 0 Å². The third-order valence-corrected chi connectivity index (χ3v) is 8.79. The predicted octanol–water partition coefficient (Wildman–Crippen LogP) is 2.35. The molecule has 1 amide bonds. The Morgan fingerprint density at radius 1 is 1.24 bits per heavy atom. The fourth-order valence-corrected chi connectivity index (χ4v) is 6.76. The van der Waals surface area contributed by atoms with Crippen LogP contribution in [0, 0.1) is 12.7 Å². The Morgan fingerprint density at radius 2 is 2.07 bits per heavy atom. The first-order chi connectivity index (χ1) is 20.3. The van der Waals surface area contributed by atoms with E-state index in [0.717, 1.165) is 22.1 Å². The van der Waals surface area contributed by atoms with Crippen LogP contribution in [-0.2, 0) is 46.9 Å². The Hall–Kier alpha value is -4.45. The fraction of sp³-hybridized carbons (Fsp3) is 0.400. The highest BCUT2D eigenvalue weighted by Gasteiger charge is 2.37. The number of amides is 1. The van der Waals surface area contributed by atoms with E-state index in [0.29, 0.717) is 58.6 Å². The van der Waals surface area contributed by atoms with Gasteiger partial charge in [-0.15, -0.1) is 5.10 Å². The van der Waals surface area contributed by atoms with E-state index >= 15 is 4.39 Å². The molecule has 1 aliphatic carbocycles. The molecule has 216 valence electrons. The Morgan fingerprint density at radius 3 is 2.86 bits per heavy atom. The van der Waals surface area contributed by atoms with E-state index in [9.17, 15) is 14.4 Å². The van der Waals surface area contributed by atoms with Crippen molar-refractivity contribution in [3.8, 4) is 11.4 Å². The maximum atomic E-state index is 15.1. The number of halogens is 1. The number of aliphatic hydroxyl groups excluding tert-OH is 1. The number of hydrogen-bond donors (Lipinski definition) is 2. The number of benzene rings is 1. The summed E-state index contributed by atoms with van der Waals surface area (Å²) in [6.07, 6.45) is 3.24. The molecule has 2 N–H and O–H groups in total. The zero-order valence-corrected chi connectivity index (χ0v) is 23.2. The predicted molar refractivity (Wildman–Crippen MR) is 148 cm³/mol. The van der Waals surface area contributed by atoms with Crippen LogP contribution in [0.2, 0.25) is 0 Å². The lowest BCUT2D eigenvalue weighted by Gasteiger charge is -2.29. The number of aromatic nitrogens is 5. The van der Waals surface area contributed by atoms with Gasteiger partial charge in [-0.3, -0.25) is 14.4 Å². The molecular formula is C30H29FN6O5. The Kier molecular flexibility index (Phi) is 6.19. The second kappa shape index (κ2) is 9.83. The summed E-state index contributed by atoms with van der Waals surface area (Å²) >= 11 is 0. The third-order valence-electron chi connectivity index (χ3n) is 8.79. The minimum Gasteiger partial charge on any atom is -0.460 e. The van der Waals surface area contributed by atoms with Crippen LogP contribution >= 0.6 is 0 Å². The Balaban J connectivity index is 1.35. The number of cyclic esters (lactones) is 1. The number of aryl methyl sites for hydroxylation is 1. The number of rotatable bonds is 6. The number of fused-ring (bicyclic) bond motifs is 5. The summed E-state index contributed by atoms with van der Waals surface area (Å²) in [6, 6.07) is 2.89. The van der Waals surface area contributed by atoms with E-state index in [1.54, 1.807) is 17.7 Å². The van der Waals surface area contributed by atoms with Crippen LogP contribution in [0.15, 0.2) is 23.1 Å². The number of aliphatic hydroxyl groups is 1. The number of carbonyl (C=O) groups excluding carboxylic acids is 2. The number of hydrogen-bond acceptors (Lipinski definition) is 8. The van der Waals surface area contributed by atoms with Gasteiger partial charge in [0.05, 0.1) is 66.2 Å². The second-order valence-corrected chi connectivity index (χ2v) is 11.2. The normalized spacial score (nSPS) is 18.4. The molecule has 4 aromatic rings. The minimum absolute atomic E-state index is 0.00644. The van der Waals surface area contributed by atoms with E-state index in [-0.39, 0.29) is 56.0 Å². The fourth-order valence-electron chi connectivity index (χ4n) is 6.76. The van der Waals surface area contributed by atoms with Crippen LogP contribution in [0.4, 0.5) is 4.39 Å². The number of nitrogens with one attached hydrogen (secondary N) is 1. The highest BCUT2D eigenvalue weighted by Crippen LogP contribution is 2.45. The van der Waals surface area contributed by atoms with Crippen molar-refractivity contribution in [1.82, 2.24) is 29.9 Å². The molecule has 0 saturated heterocycles. The van der Waals surface area contributed by atoms with Crippen molar-refractivity contribution in [2.45, 2.75) is 71.2 Å². The molecular weight excluding hydrogens is 543 g/mol. The molecule has 2 atom stereocenters. The van der Waals surface area contributed by atoms with Gasteiger partial charge in [0.2, 0.25) is 5.91 Å². The van der Waals surface area contributed by atoms with Crippen LogP contribution in [0.25, 0.3) is 22.3 Å². The zero-order valence-electron chi connectivity index (χ0n) is 23.2. The van der Waals surface area contributed by atoms with Crippen molar-refractivity contribution in [1.29, 1.82) is 0 Å². The van der Waals surface area contributed by atoms with Gasteiger partial charge >= 0.3 is 5.97 Å². The van der Waals surface area contributed by atoms with Crippen molar-refractivity contribution in [3.63, 3.8) is 0 Å². The molecule has 0 saturated carbocycles. The van der Waals surface area contributed by atoms with Gasteiger partial charge in [0.15, 0.2) is 0 Å². The number of nitrogens with zero attached hydrogens (tertiary/aromatic N) is 5. The number of pyridine rings is 2. The monoisotopic (exact) mass is 572 g/mol. The SMILES string of the molecule is CCC1C(=O)OCc2c1cc1n(c2=O)Cc2c-1nc1cc(F)c(C)c3c1c2C(NC(=O)Cc1cn(CCO)nn1)CC3. The smallest absolute Gasteiger partial charge is 0.313 e. The summed E-state index contributed by atoms with van der Waals surface area (Å²) in [7, 11) is 0. The highest BCUT2D eigenvalue weighted by molar-refractivity contribution is 5.94. The molecule has 3 aliphatic rings. The summed E-state index contributed by atoms with van der Waals surface area (Å²) in [6.45, 7) is 4.01. The summed E-state index contributed by atoms with van der Waals surface area (Å²) in [5, 5.41) is 21.1. The Labute approximate surface area is 239 Å². The zero-order chi connectivity index (χ0) is 29.3. The first-order valence-corrected chi connectivity index (χ1v) is 14.2. The van der Waals surface area contributed by atoms with Gasteiger partial charge in [-0.1, -0.05) is 12.1 Å². The van der Waals surface area contributed by atoms with Gasteiger partial charge < -0.3 is 19.7 Å². The van der Waals surface area contributed by atoms with E-state index in [1.807, 2.05) is 13.0 Å². The third kappa shape index (κ3) is 3.96. The molecule has 0 bridgehead atoms. The molecule has 7 rings (SSSR count). The molecule has 2 unspecified atom stereocenters. The summed E-state index contributed by atoms with van der Waals surface area (Å²) < 4.78 is 23.5. The summed E-state index contributed by atoms with van der Waals surface area (Å²) in [4.78, 5) is 44.3. The molecule has 0 spiro atoms. The van der Waals surface area contributed by atoms with E-state index < -0.39 is 12.0 Å². The largest absolute Gasteiger partial charge is 0.460 e. The lowest BCUT2D eigenvalue weighted by molar-refractivity contribution is -0.148. The summed E-state index contributed by atoms with van der Waals surface area (Å²) in [5.74, 6) is -1.49. The molecule has 1 aromatic carbocycles. The lowest BCUT2D eigenvalue weighted by atomic mass is 9.81. The first kappa shape index (κ1) is 26.4. The number of ether oxygens (including phenoxy) is 1. The average Bonchev–Trinajstić information content (AvgIpc) is 3.56. The standard InChI is InChI=1S/C30H29FN6O5/c1-3-16-18-9-24-28-19(12-37(24)29(40)20(18)13-42-30(16)41)27-22(32-25(39)8-15-11-36(6-7-38)35-34-15)5-4-17-14(2)21(31)10-23(33-28)26(17)27/h9-11,16,22,38H,3-8,12-13H2,1-2H3,(H,32,39). The molecule has 12 heteroatoms. The van der Waals surface area contributed by atoms with Gasteiger partial charge in [-0.05, 0) is 54.5 Å². The van der Waals surface area contributed by atoms with Crippen LogP contribution in [0.5, 0.6) is 0 Å². The molecule has 11 nitrogen and oxygen atoms in total. The van der Waals surface area contributed by atoms with Crippen molar-refractivity contribution in [2.24, 2.45) is 0 Å². The van der Waals surface area contributed by atoms with Crippen molar-refractivity contribution < 1.29 is 23.8 Å². The molecule has 0 fully saturated rings. The topological polar surface area (TPSA) is 141 Å². The van der Waals surface area contributed by atoms with E-state index in [1.165, 1.54) is 10.7 Å². The second-order valence-electron chi connectivity index (χ2n) is 11.2. The van der Waals surface area contributed by atoms with Crippen molar-refractivity contribution >= 4 is 22.8 Å². The van der Waals surface area contributed by atoms with Crippen molar-refractivity contribution in [3.05, 3.63) is 73.6 Å². The average molecular weight is 573 g/mol. The van der Waals surface area contributed by atoms with Crippen LogP contribution < -0.4 is 10.9 Å². The van der Waals surface area contributed by atoms with E-state index in [4.69, 9.17) is 14.8 Å². The molecule has 2 aliphatic heterocycles. The van der Waals surface area contributed by atoms with Gasteiger partial charge in [0.25, 0.3) is 5.56 Å². The first-order valence-electron chi connectivity index (χ1n) is 14.2. The lowest BCUT2D eigenvalue weighted by Crippen LogP contribution is -2.33. The van der Waals surface area contributed by atoms with Gasteiger partial charge in [-0.2, -0.15) is 0 Å².